The molecule has 6 nitrogen and oxygen atoms in total. The van der Waals surface area contributed by atoms with E-state index in [1.54, 1.807) is 18.2 Å². The molecule has 1 N–H and O–H groups in total. The van der Waals surface area contributed by atoms with Crippen molar-refractivity contribution in [1.29, 1.82) is 0 Å². The van der Waals surface area contributed by atoms with Crippen LogP contribution in [-0.2, 0) is 15.6 Å². The smallest absolute Gasteiger partial charge is 0.222 e. The van der Waals surface area contributed by atoms with Crippen LogP contribution >= 0.6 is 11.6 Å². The highest BCUT2D eigenvalue weighted by atomic mass is 35.5. The molecule has 8 heteroatoms. The first-order valence-electron chi connectivity index (χ1n) is 11.8. The van der Waals surface area contributed by atoms with Gasteiger partial charge in [-0.3, -0.25) is 0 Å². The lowest BCUT2D eigenvalue weighted by molar-refractivity contribution is 0.221. The number of anilines is 1. The lowest BCUT2D eigenvalue weighted by atomic mass is 9.91. The first-order valence-corrected chi connectivity index (χ1v) is 13.8. The first-order chi connectivity index (χ1) is 16.8. The summed E-state index contributed by atoms with van der Waals surface area (Å²) in [5.74, 6) is 0.569. The zero-order valence-corrected chi connectivity index (χ0v) is 21.6. The van der Waals surface area contributed by atoms with Gasteiger partial charge in [-0.05, 0) is 63.0 Å². The summed E-state index contributed by atoms with van der Waals surface area (Å²) in [5, 5.41) is 3.70. The molecule has 1 fully saturated rings. The van der Waals surface area contributed by atoms with Gasteiger partial charge in [-0.2, -0.15) is 0 Å². The van der Waals surface area contributed by atoms with Crippen LogP contribution in [0.25, 0.3) is 12.2 Å². The Kier molecular flexibility index (Phi) is 8.21. The summed E-state index contributed by atoms with van der Waals surface area (Å²) >= 11 is 6.07. The molecule has 0 saturated heterocycles. The van der Waals surface area contributed by atoms with E-state index >= 15 is 0 Å². The van der Waals surface area contributed by atoms with E-state index in [4.69, 9.17) is 11.6 Å². The van der Waals surface area contributed by atoms with Crippen molar-refractivity contribution in [3.8, 4) is 0 Å². The van der Waals surface area contributed by atoms with Crippen LogP contribution in [0.1, 0.15) is 42.4 Å². The summed E-state index contributed by atoms with van der Waals surface area (Å²) < 4.78 is 25.4. The number of rotatable bonds is 8. The molecule has 0 radical (unpaired) electrons. The fourth-order valence-electron chi connectivity index (χ4n) is 4.33. The van der Waals surface area contributed by atoms with Crippen LogP contribution in [0, 0.1) is 0 Å². The van der Waals surface area contributed by atoms with E-state index in [1.165, 1.54) is 18.9 Å². The third kappa shape index (κ3) is 6.90. The second-order valence-corrected chi connectivity index (χ2v) is 11.6. The van der Waals surface area contributed by atoms with E-state index in [2.05, 4.69) is 34.3 Å². The lowest BCUT2D eigenvalue weighted by Gasteiger charge is -2.32. The molecule has 0 atom stereocenters. The minimum absolute atomic E-state index is 0.0974. The van der Waals surface area contributed by atoms with Gasteiger partial charge in [0.2, 0.25) is 5.95 Å². The van der Waals surface area contributed by atoms with Crippen molar-refractivity contribution in [3.05, 3.63) is 82.6 Å². The predicted octanol–water partition coefficient (Wildman–Crippen LogP) is 5.56. The summed E-state index contributed by atoms with van der Waals surface area (Å²) in [6, 6.07) is 15.0. The first kappa shape index (κ1) is 25.4. The van der Waals surface area contributed by atoms with Crippen molar-refractivity contribution in [3.63, 3.8) is 0 Å². The number of nitrogens with one attached hydrogen (secondary N) is 1. The maximum absolute atomic E-state index is 12.7. The summed E-state index contributed by atoms with van der Waals surface area (Å²) in [4.78, 5) is 11.4. The lowest BCUT2D eigenvalue weighted by Crippen LogP contribution is -2.36. The van der Waals surface area contributed by atoms with Crippen molar-refractivity contribution in [1.82, 2.24) is 14.9 Å². The topological polar surface area (TPSA) is 75.2 Å². The van der Waals surface area contributed by atoms with Crippen molar-refractivity contribution in [2.24, 2.45) is 0 Å². The van der Waals surface area contributed by atoms with E-state index in [9.17, 15) is 8.42 Å². The molecule has 0 bridgehead atoms. The summed E-state index contributed by atoms with van der Waals surface area (Å²) in [6.45, 7) is 0. The van der Waals surface area contributed by atoms with Gasteiger partial charge >= 0.3 is 0 Å². The third-order valence-corrected chi connectivity index (χ3v) is 8.59. The van der Waals surface area contributed by atoms with E-state index in [0.29, 0.717) is 23.6 Å². The van der Waals surface area contributed by atoms with Crippen molar-refractivity contribution in [2.75, 3.05) is 19.4 Å². The maximum Gasteiger partial charge on any atom is 0.222 e. The fraction of sp³-hybridized carbons (Fsp3) is 0.333. The van der Waals surface area contributed by atoms with Gasteiger partial charge in [0.1, 0.15) is 0 Å². The largest absolute Gasteiger partial charge is 0.351 e. The van der Waals surface area contributed by atoms with Crippen LogP contribution in [0.5, 0.6) is 0 Å². The van der Waals surface area contributed by atoms with Gasteiger partial charge in [-0.15, -0.1) is 0 Å². The van der Waals surface area contributed by atoms with Gasteiger partial charge in [0, 0.05) is 30.0 Å². The van der Waals surface area contributed by atoms with E-state index in [1.807, 2.05) is 48.8 Å². The van der Waals surface area contributed by atoms with Crippen LogP contribution in [0.3, 0.4) is 0 Å². The van der Waals surface area contributed by atoms with Crippen LogP contribution in [0.15, 0.2) is 65.8 Å². The highest BCUT2D eigenvalue weighted by Gasteiger charge is 2.22. The van der Waals surface area contributed by atoms with Gasteiger partial charge in [-0.25, -0.2) is 18.4 Å². The summed E-state index contributed by atoms with van der Waals surface area (Å²) in [7, 11) is 0.787. The van der Waals surface area contributed by atoms with Crippen molar-refractivity contribution >= 4 is 39.5 Å². The van der Waals surface area contributed by atoms with E-state index in [-0.39, 0.29) is 15.7 Å². The van der Waals surface area contributed by atoms with E-state index in [0.717, 1.165) is 24.0 Å². The molecule has 35 heavy (non-hydrogen) atoms. The Morgan fingerprint density at radius 1 is 0.943 bits per heavy atom. The number of sulfone groups is 1. The van der Waals surface area contributed by atoms with E-state index < -0.39 is 9.84 Å². The molecule has 1 aromatic heterocycles. The Bertz CT molecular complexity index is 1250. The highest BCUT2D eigenvalue weighted by Crippen LogP contribution is 2.25. The number of halogens is 1. The monoisotopic (exact) mass is 510 g/mol. The van der Waals surface area contributed by atoms with Gasteiger partial charge in [0.05, 0.1) is 15.7 Å². The zero-order chi connectivity index (χ0) is 24.8. The van der Waals surface area contributed by atoms with Gasteiger partial charge < -0.3 is 10.2 Å². The van der Waals surface area contributed by atoms with Crippen LogP contribution < -0.4 is 5.32 Å². The number of benzene rings is 2. The summed E-state index contributed by atoms with van der Waals surface area (Å²) in [6.07, 6.45) is 12.2. The molecule has 1 aliphatic carbocycles. The standard InChI is InChI=1S/C27H31ClN4O2S/c1-32(2)24-15-13-23(14-16-24)31-27-29-17-22(18-30-27)12-9-20-7-10-21(11-8-20)19-35(33,34)26-6-4-3-5-25(26)28/h3-12,17-18,23-24H,13-16,19H2,1-2H3,(H,29,30,31)/b12-9+. The van der Waals surface area contributed by atoms with Crippen LogP contribution in [-0.4, -0.2) is 49.5 Å². The second-order valence-electron chi connectivity index (χ2n) is 9.22. The summed E-state index contributed by atoms with van der Waals surface area (Å²) in [5.41, 5.74) is 2.57. The molecule has 1 saturated carbocycles. The van der Waals surface area contributed by atoms with Gasteiger partial charge in [0.25, 0.3) is 0 Å². The number of hydrogen-bond acceptors (Lipinski definition) is 6. The Balaban J connectivity index is 1.32. The molecule has 1 aliphatic rings. The SMILES string of the molecule is CN(C)C1CCC(Nc2ncc(/C=C/c3ccc(CS(=O)(=O)c4ccccc4Cl)cc3)cn2)CC1. The Hall–Kier alpha value is -2.74. The van der Waals surface area contributed by atoms with Crippen LogP contribution in [0.4, 0.5) is 5.95 Å². The molecular weight excluding hydrogens is 480 g/mol. The average molecular weight is 511 g/mol. The molecule has 0 spiro atoms. The zero-order valence-electron chi connectivity index (χ0n) is 20.1. The Morgan fingerprint density at radius 3 is 2.20 bits per heavy atom. The Labute approximate surface area is 213 Å². The third-order valence-electron chi connectivity index (χ3n) is 6.41. The molecule has 3 aromatic rings. The number of aromatic nitrogens is 2. The molecule has 0 amide bonds. The van der Waals surface area contributed by atoms with Crippen LogP contribution in [0.2, 0.25) is 5.02 Å². The average Bonchev–Trinajstić information content (AvgIpc) is 2.85. The highest BCUT2D eigenvalue weighted by molar-refractivity contribution is 7.90. The molecule has 4 rings (SSSR count). The molecule has 2 aromatic carbocycles. The van der Waals surface area contributed by atoms with Gasteiger partial charge in [0.15, 0.2) is 9.84 Å². The van der Waals surface area contributed by atoms with Crippen molar-refractivity contribution < 1.29 is 8.42 Å². The predicted molar refractivity (Wildman–Crippen MR) is 143 cm³/mol. The molecule has 1 heterocycles. The normalized spacial score (nSPS) is 18.7. The van der Waals surface area contributed by atoms with Crippen molar-refractivity contribution in [2.45, 2.75) is 48.4 Å². The number of nitrogens with zero attached hydrogens (tertiary/aromatic N) is 3. The second kappa shape index (κ2) is 11.3. The minimum Gasteiger partial charge on any atom is -0.351 e. The molecule has 0 aliphatic heterocycles. The fourth-order valence-corrected chi connectivity index (χ4v) is 6.26. The Morgan fingerprint density at radius 2 is 1.57 bits per heavy atom. The minimum atomic E-state index is -3.51. The molecular formula is C27H31ClN4O2S. The maximum atomic E-state index is 12.7. The number of hydrogen-bond donors (Lipinski definition) is 1. The van der Waals surface area contributed by atoms with Gasteiger partial charge in [-0.1, -0.05) is 60.2 Å². The molecule has 0 unspecified atom stereocenters. The quantitative estimate of drug-likeness (QED) is 0.427. The molecule has 184 valence electrons.